The Kier molecular flexibility index (Phi) is 7.80. The Bertz CT molecular complexity index is 934. The van der Waals surface area contributed by atoms with Gasteiger partial charge in [0.25, 0.3) is 0 Å². The maximum absolute atomic E-state index is 14.6. The van der Waals surface area contributed by atoms with Gasteiger partial charge in [-0.05, 0) is 56.1 Å². The minimum Gasteiger partial charge on any atom is -0.341 e. The third-order valence-corrected chi connectivity index (χ3v) is 5.81. The van der Waals surface area contributed by atoms with Crippen LogP contribution in [0.15, 0.2) is 36.5 Å². The summed E-state index contributed by atoms with van der Waals surface area (Å²) in [5.41, 5.74) is 5.38. The van der Waals surface area contributed by atoms with Crippen LogP contribution < -0.4 is 10.4 Å². The van der Waals surface area contributed by atoms with Gasteiger partial charge in [-0.15, -0.1) is 0 Å². The van der Waals surface area contributed by atoms with Crippen molar-refractivity contribution in [2.75, 3.05) is 30.6 Å². The Balaban J connectivity index is 1.71. The van der Waals surface area contributed by atoms with Crippen LogP contribution in [0.1, 0.15) is 37.9 Å². The van der Waals surface area contributed by atoms with Crippen LogP contribution in [0.2, 0.25) is 0 Å². The van der Waals surface area contributed by atoms with Crippen molar-refractivity contribution < 1.29 is 14.0 Å². The van der Waals surface area contributed by atoms with E-state index in [1.54, 1.807) is 24.4 Å². The predicted molar refractivity (Wildman–Crippen MR) is 123 cm³/mol. The normalized spacial score (nSPS) is 16.6. The molecule has 1 saturated heterocycles. The first kappa shape index (κ1) is 23.7. The molecular weight excluding hydrogens is 409 g/mol. The molecule has 1 N–H and O–H groups in total. The number of pyridine rings is 1. The number of nitrogens with zero attached hydrogens (tertiary/aromatic N) is 4. The summed E-state index contributed by atoms with van der Waals surface area (Å²) >= 11 is 0. The Hall–Kier alpha value is -3.00. The molecule has 8 heteroatoms. The zero-order valence-electron chi connectivity index (χ0n) is 19.2. The van der Waals surface area contributed by atoms with Crippen molar-refractivity contribution in [2.24, 2.45) is 5.92 Å². The van der Waals surface area contributed by atoms with Gasteiger partial charge < -0.3 is 4.90 Å². The predicted octanol–water partition coefficient (Wildman–Crippen LogP) is 3.60. The van der Waals surface area contributed by atoms with Crippen molar-refractivity contribution in [2.45, 2.75) is 46.2 Å². The van der Waals surface area contributed by atoms with Crippen molar-refractivity contribution in [3.05, 3.63) is 53.6 Å². The summed E-state index contributed by atoms with van der Waals surface area (Å²) in [6, 6.07) is 8.56. The van der Waals surface area contributed by atoms with Gasteiger partial charge in [-0.25, -0.2) is 9.40 Å². The van der Waals surface area contributed by atoms with Crippen molar-refractivity contribution in [3.63, 3.8) is 0 Å². The quantitative estimate of drug-likeness (QED) is 0.501. The third-order valence-electron chi connectivity index (χ3n) is 5.81. The SMILES string of the molecule is Cc1ccc(NN(C=O)c2cc(CN3CCC[C@H](N(C)C(=O)C(C)C)C3)ccc2F)cn1. The van der Waals surface area contributed by atoms with E-state index in [-0.39, 0.29) is 23.6 Å². The van der Waals surface area contributed by atoms with Crippen molar-refractivity contribution >= 4 is 23.7 Å². The number of aromatic nitrogens is 1. The summed E-state index contributed by atoms with van der Waals surface area (Å²) in [5.74, 6) is -0.369. The summed E-state index contributed by atoms with van der Waals surface area (Å²) in [6.07, 6.45) is 4.12. The number of likely N-dealkylation sites (tertiary alicyclic amines) is 1. The van der Waals surface area contributed by atoms with Gasteiger partial charge in [0.05, 0.1) is 11.9 Å². The number of benzene rings is 1. The first-order valence-corrected chi connectivity index (χ1v) is 11.0. The molecule has 1 aliphatic heterocycles. The Labute approximate surface area is 189 Å². The second-order valence-electron chi connectivity index (χ2n) is 8.70. The standard InChI is InChI=1S/C24H32FN5O2/c1-17(2)24(32)28(4)21-6-5-11-29(15-21)14-19-8-10-22(25)23(12-19)30(16-31)27-20-9-7-18(3)26-13-20/h7-10,12-13,16-17,21,27H,5-6,11,14-15H2,1-4H3/t21-/m0/s1. The molecule has 0 aliphatic carbocycles. The number of aryl methyl sites for hydroxylation is 1. The molecule has 2 heterocycles. The molecule has 1 aromatic carbocycles. The number of carbonyl (C=O) groups excluding carboxylic acids is 2. The highest BCUT2D eigenvalue weighted by Gasteiger charge is 2.27. The second kappa shape index (κ2) is 10.5. The number of rotatable bonds is 8. The van der Waals surface area contributed by atoms with Crippen molar-refractivity contribution in [3.8, 4) is 0 Å². The smallest absolute Gasteiger partial charge is 0.232 e. The van der Waals surface area contributed by atoms with Gasteiger partial charge in [-0.1, -0.05) is 19.9 Å². The van der Waals surface area contributed by atoms with Crippen LogP contribution in [0.5, 0.6) is 0 Å². The molecule has 1 aliphatic rings. The zero-order valence-corrected chi connectivity index (χ0v) is 19.2. The van der Waals surface area contributed by atoms with E-state index in [1.807, 2.05) is 38.8 Å². The zero-order chi connectivity index (χ0) is 23.3. The maximum Gasteiger partial charge on any atom is 0.232 e. The third kappa shape index (κ3) is 5.82. The molecule has 0 radical (unpaired) electrons. The average molecular weight is 442 g/mol. The molecule has 3 rings (SSSR count). The molecule has 32 heavy (non-hydrogen) atoms. The largest absolute Gasteiger partial charge is 0.341 e. The number of hydrogen-bond acceptors (Lipinski definition) is 5. The van der Waals surface area contributed by atoms with Crippen molar-refractivity contribution in [1.29, 1.82) is 0 Å². The second-order valence-corrected chi connectivity index (χ2v) is 8.70. The molecule has 0 spiro atoms. The molecule has 172 valence electrons. The number of nitrogens with one attached hydrogen (secondary N) is 1. The topological polar surface area (TPSA) is 68.8 Å². The van der Waals surface area contributed by atoms with E-state index < -0.39 is 5.82 Å². The average Bonchev–Trinajstić information content (AvgIpc) is 2.79. The molecule has 1 fully saturated rings. The lowest BCUT2D eigenvalue weighted by Gasteiger charge is -2.38. The Morgan fingerprint density at radius 3 is 2.78 bits per heavy atom. The van der Waals surface area contributed by atoms with Gasteiger partial charge >= 0.3 is 0 Å². The summed E-state index contributed by atoms with van der Waals surface area (Å²) in [6.45, 7) is 8.00. The fourth-order valence-electron chi connectivity index (χ4n) is 3.99. The van der Waals surface area contributed by atoms with Crippen LogP contribution in [0.25, 0.3) is 0 Å². The first-order chi connectivity index (χ1) is 15.3. The van der Waals surface area contributed by atoms with Crippen LogP contribution in [0.4, 0.5) is 15.8 Å². The first-order valence-electron chi connectivity index (χ1n) is 11.0. The lowest BCUT2D eigenvalue weighted by atomic mass is 10.0. The van der Waals surface area contributed by atoms with Gasteiger partial charge in [-0.3, -0.25) is 24.9 Å². The van der Waals surface area contributed by atoms with E-state index in [4.69, 9.17) is 0 Å². The number of piperidine rings is 1. The lowest BCUT2D eigenvalue weighted by Crippen LogP contribution is -2.49. The van der Waals surface area contributed by atoms with Crippen LogP contribution >= 0.6 is 0 Å². The maximum atomic E-state index is 14.6. The summed E-state index contributed by atoms with van der Waals surface area (Å²) < 4.78 is 14.6. The van der Waals surface area contributed by atoms with E-state index in [0.717, 1.165) is 42.2 Å². The lowest BCUT2D eigenvalue weighted by molar-refractivity contribution is -0.136. The number of amides is 2. The van der Waals surface area contributed by atoms with E-state index in [0.29, 0.717) is 18.6 Å². The van der Waals surface area contributed by atoms with Gasteiger partial charge in [0.2, 0.25) is 12.3 Å². The molecule has 2 aromatic rings. The summed E-state index contributed by atoms with van der Waals surface area (Å²) in [4.78, 5) is 32.4. The Morgan fingerprint density at radius 1 is 1.34 bits per heavy atom. The molecule has 0 saturated carbocycles. The summed E-state index contributed by atoms with van der Waals surface area (Å²) in [5, 5.41) is 1.12. The van der Waals surface area contributed by atoms with Gasteiger partial charge in [0, 0.05) is 37.8 Å². The molecule has 1 atom stereocenters. The highest BCUT2D eigenvalue weighted by atomic mass is 19.1. The van der Waals surface area contributed by atoms with Crippen LogP contribution in [-0.4, -0.2) is 53.3 Å². The fraction of sp³-hybridized carbons (Fsp3) is 0.458. The van der Waals surface area contributed by atoms with Crippen molar-refractivity contribution in [1.82, 2.24) is 14.8 Å². The number of likely N-dealkylation sites (N-methyl/N-ethyl adjacent to an activating group) is 1. The number of hydrogen-bond donors (Lipinski definition) is 1. The minimum atomic E-state index is -0.493. The molecule has 0 bridgehead atoms. The van der Waals surface area contributed by atoms with Crippen LogP contribution in [0, 0.1) is 18.7 Å². The Morgan fingerprint density at radius 2 is 2.12 bits per heavy atom. The molecule has 7 nitrogen and oxygen atoms in total. The van der Waals surface area contributed by atoms with Crippen LogP contribution in [-0.2, 0) is 16.1 Å². The highest BCUT2D eigenvalue weighted by Crippen LogP contribution is 2.24. The molecule has 1 aromatic heterocycles. The highest BCUT2D eigenvalue weighted by molar-refractivity contribution is 5.79. The number of halogens is 1. The van der Waals surface area contributed by atoms with E-state index in [9.17, 15) is 14.0 Å². The number of carbonyl (C=O) groups is 2. The minimum absolute atomic E-state index is 0.0272. The number of anilines is 2. The van der Waals surface area contributed by atoms with Gasteiger partial charge in [-0.2, -0.15) is 0 Å². The van der Waals surface area contributed by atoms with Crippen LogP contribution in [0.3, 0.4) is 0 Å². The van der Waals surface area contributed by atoms with Gasteiger partial charge in [0.15, 0.2) is 0 Å². The van der Waals surface area contributed by atoms with E-state index >= 15 is 0 Å². The fourth-order valence-corrected chi connectivity index (χ4v) is 3.99. The monoisotopic (exact) mass is 441 g/mol. The van der Waals surface area contributed by atoms with E-state index in [1.165, 1.54) is 6.07 Å². The van der Waals surface area contributed by atoms with E-state index in [2.05, 4.69) is 15.3 Å². The number of hydrazine groups is 1. The molecule has 2 amide bonds. The van der Waals surface area contributed by atoms with Gasteiger partial charge in [0.1, 0.15) is 11.5 Å². The molecule has 0 unspecified atom stereocenters. The molecular formula is C24H32FN5O2. The summed E-state index contributed by atoms with van der Waals surface area (Å²) in [7, 11) is 1.88.